The van der Waals surface area contributed by atoms with E-state index in [9.17, 15) is 24.0 Å². The average Bonchev–Trinajstić information content (AvgIpc) is 3.12. The molecule has 0 radical (unpaired) electrons. The molecule has 0 saturated heterocycles. The second kappa shape index (κ2) is 23.3. The second-order valence-electron chi connectivity index (χ2n) is 14.4. The summed E-state index contributed by atoms with van der Waals surface area (Å²) in [4.78, 5) is 65.5. The lowest BCUT2D eigenvalue weighted by Crippen LogP contribution is -2.58. The largest absolute Gasteiger partial charge is 0.356 e. The first-order valence-corrected chi connectivity index (χ1v) is 19.1. The SMILES string of the molecule is CCC(CC)NC(=O)[C@@H](NC(=O)C[C@H](N)[C@H](Cc1ccccc1)NC(=O)[C@@H](NC(=O)CCCCNC(=O)Cc1ccc(C)cc1)C(C)C)[C@@H](C)CC. The minimum absolute atomic E-state index is 0.0282. The number of unbranched alkanes of at least 4 members (excludes halogenated alkanes) is 1. The van der Waals surface area contributed by atoms with Gasteiger partial charge >= 0.3 is 0 Å². The first kappa shape index (κ1) is 43.9. The Kier molecular flexibility index (Phi) is 19.7. The summed E-state index contributed by atoms with van der Waals surface area (Å²) in [5.41, 5.74) is 9.67. The summed E-state index contributed by atoms with van der Waals surface area (Å²) in [6, 6.07) is 14.5. The molecule has 0 aromatic heterocycles. The van der Waals surface area contributed by atoms with Gasteiger partial charge in [-0.25, -0.2) is 0 Å². The third-order valence-corrected chi connectivity index (χ3v) is 9.61. The van der Waals surface area contributed by atoms with E-state index in [0.29, 0.717) is 38.6 Å². The van der Waals surface area contributed by atoms with Crippen LogP contribution >= 0.6 is 0 Å². The first-order chi connectivity index (χ1) is 24.8. The van der Waals surface area contributed by atoms with Gasteiger partial charge in [-0.05, 0) is 62.0 Å². The molecule has 11 heteroatoms. The quantitative estimate of drug-likeness (QED) is 0.0938. The molecule has 0 unspecified atom stereocenters. The molecular formula is C41H64N6O5. The Bertz CT molecular complexity index is 1400. The van der Waals surface area contributed by atoms with Crippen molar-refractivity contribution in [1.29, 1.82) is 0 Å². The number of aryl methyl sites for hydroxylation is 1. The van der Waals surface area contributed by atoms with Gasteiger partial charge in [-0.2, -0.15) is 0 Å². The van der Waals surface area contributed by atoms with Gasteiger partial charge in [0.2, 0.25) is 29.5 Å². The fourth-order valence-electron chi connectivity index (χ4n) is 5.90. The number of carbonyl (C=O) groups is 5. The predicted molar refractivity (Wildman–Crippen MR) is 207 cm³/mol. The van der Waals surface area contributed by atoms with Crippen LogP contribution in [-0.4, -0.2) is 66.3 Å². The van der Waals surface area contributed by atoms with Crippen LogP contribution in [0.15, 0.2) is 54.6 Å². The van der Waals surface area contributed by atoms with Gasteiger partial charge < -0.3 is 32.3 Å². The molecule has 0 aliphatic carbocycles. The molecule has 0 saturated carbocycles. The van der Waals surface area contributed by atoms with Crippen molar-refractivity contribution in [2.45, 2.75) is 136 Å². The Hall–Kier alpha value is -4.25. The second-order valence-corrected chi connectivity index (χ2v) is 14.4. The van der Waals surface area contributed by atoms with E-state index in [0.717, 1.165) is 29.5 Å². The van der Waals surface area contributed by atoms with Crippen LogP contribution < -0.4 is 32.3 Å². The molecule has 2 aromatic rings. The van der Waals surface area contributed by atoms with Gasteiger partial charge in [-0.1, -0.05) is 108 Å². The summed E-state index contributed by atoms with van der Waals surface area (Å²) in [6.45, 7) is 14.1. The van der Waals surface area contributed by atoms with Crippen LogP contribution in [0.5, 0.6) is 0 Å². The number of hydrogen-bond acceptors (Lipinski definition) is 6. The van der Waals surface area contributed by atoms with E-state index in [1.165, 1.54) is 0 Å². The molecule has 2 rings (SSSR count). The van der Waals surface area contributed by atoms with E-state index in [1.807, 2.05) is 103 Å². The Balaban J connectivity index is 2.00. The molecule has 7 N–H and O–H groups in total. The highest BCUT2D eigenvalue weighted by atomic mass is 16.2. The van der Waals surface area contributed by atoms with Crippen molar-refractivity contribution in [3.8, 4) is 0 Å². The zero-order valence-electron chi connectivity index (χ0n) is 32.4. The van der Waals surface area contributed by atoms with Gasteiger partial charge in [0.25, 0.3) is 0 Å². The van der Waals surface area contributed by atoms with E-state index in [4.69, 9.17) is 5.73 Å². The third-order valence-electron chi connectivity index (χ3n) is 9.61. The average molecular weight is 721 g/mol. The van der Waals surface area contributed by atoms with Crippen molar-refractivity contribution in [2.75, 3.05) is 6.54 Å². The number of nitrogens with one attached hydrogen (secondary N) is 5. The zero-order chi connectivity index (χ0) is 38.6. The summed E-state index contributed by atoms with van der Waals surface area (Å²) in [6.07, 6.45) is 4.24. The highest BCUT2D eigenvalue weighted by Crippen LogP contribution is 2.13. The van der Waals surface area contributed by atoms with E-state index >= 15 is 0 Å². The number of benzene rings is 2. The normalized spacial score (nSPS) is 14.1. The van der Waals surface area contributed by atoms with Crippen molar-refractivity contribution in [1.82, 2.24) is 26.6 Å². The molecule has 0 heterocycles. The van der Waals surface area contributed by atoms with Crippen molar-refractivity contribution in [2.24, 2.45) is 17.6 Å². The summed E-state index contributed by atoms with van der Waals surface area (Å²) in [7, 11) is 0. The summed E-state index contributed by atoms with van der Waals surface area (Å²) >= 11 is 0. The maximum absolute atomic E-state index is 13.7. The Labute approximate surface area is 311 Å². The topological polar surface area (TPSA) is 172 Å². The van der Waals surface area contributed by atoms with Crippen LogP contribution in [-0.2, 0) is 36.8 Å². The number of carbonyl (C=O) groups excluding carboxylic acids is 5. The van der Waals surface area contributed by atoms with Crippen LogP contribution in [0, 0.1) is 18.8 Å². The number of hydrogen-bond donors (Lipinski definition) is 6. The molecular weight excluding hydrogens is 656 g/mol. The maximum Gasteiger partial charge on any atom is 0.243 e. The third kappa shape index (κ3) is 16.0. The van der Waals surface area contributed by atoms with Gasteiger partial charge in [0.15, 0.2) is 0 Å². The summed E-state index contributed by atoms with van der Waals surface area (Å²) < 4.78 is 0. The molecule has 0 fully saturated rings. The van der Waals surface area contributed by atoms with Gasteiger partial charge in [0.05, 0.1) is 6.42 Å². The lowest BCUT2D eigenvalue weighted by Gasteiger charge is -2.30. The highest BCUT2D eigenvalue weighted by molar-refractivity contribution is 5.89. The molecule has 0 aliphatic heterocycles. The monoisotopic (exact) mass is 720 g/mol. The zero-order valence-corrected chi connectivity index (χ0v) is 32.4. The molecule has 2 aromatic carbocycles. The van der Waals surface area contributed by atoms with Gasteiger partial charge in [-0.15, -0.1) is 0 Å². The molecule has 5 atom stereocenters. The highest BCUT2D eigenvalue weighted by Gasteiger charge is 2.31. The van der Waals surface area contributed by atoms with Crippen molar-refractivity contribution in [3.05, 3.63) is 71.3 Å². The Morgan fingerprint density at radius 1 is 0.673 bits per heavy atom. The molecule has 288 valence electrons. The van der Waals surface area contributed by atoms with Gasteiger partial charge in [0.1, 0.15) is 12.1 Å². The number of amides is 5. The predicted octanol–water partition coefficient (Wildman–Crippen LogP) is 4.25. The van der Waals surface area contributed by atoms with Crippen molar-refractivity contribution >= 4 is 29.5 Å². The molecule has 0 bridgehead atoms. The summed E-state index contributed by atoms with van der Waals surface area (Å²) in [5.74, 6) is -1.60. The van der Waals surface area contributed by atoms with Crippen LogP contribution in [0.3, 0.4) is 0 Å². The van der Waals surface area contributed by atoms with Crippen molar-refractivity contribution < 1.29 is 24.0 Å². The lowest BCUT2D eigenvalue weighted by molar-refractivity contribution is -0.131. The molecule has 11 nitrogen and oxygen atoms in total. The summed E-state index contributed by atoms with van der Waals surface area (Å²) in [5, 5.41) is 14.8. The molecule has 0 aliphatic rings. The molecule has 0 spiro atoms. The van der Waals surface area contributed by atoms with Crippen LogP contribution in [0.4, 0.5) is 0 Å². The van der Waals surface area contributed by atoms with Crippen molar-refractivity contribution in [3.63, 3.8) is 0 Å². The fraction of sp³-hybridized carbons (Fsp3) is 0.585. The fourth-order valence-corrected chi connectivity index (χ4v) is 5.90. The minimum Gasteiger partial charge on any atom is -0.356 e. The lowest BCUT2D eigenvalue weighted by atomic mass is 9.94. The van der Waals surface area contributed by atoms with Gasteiger partial charge in [0, 0.05) is 37.5 Å². The molecule has 52 heavy (non-hydrogen) atoms. The van der Waals surface area contributed by atoms with Gasteiger partial charge in [-0.3, -0.25) is 24.0 Å². The minimum atomic E-state index is -0.815. The standard InChI is InChI=1S/C41H64N6O5/c1-8-29(7)39(41(52)44-32(9-2)10-3)47-37(50)26-33(42)34(24-30-16-12-11-13-17-30)45-40(51)38(27(4)5)46-35(48)18-14-15-23-43-36(49)25-31-21-19-28(6)20-22-31/h11-13,16-17,19-22,27,29,32-34,38-39H,8-10,14-15,18,23-26,42H2,1-7H3,(H,43,49)(H,44,52)(H,45,51)(H,46,48)(H,47,50)/t29-,33-,34-,38-,39-/m0/s1. The van der Waals surface area contributed by atoms with E-state index in [-0.39, 0.29) is 60.3 Å². The molecule has 5 amide bonds. The number of rotatable bonds is 23. The maximum atomic E-state index is 13.7. The van der Waals surface area contributed by atoms with E-state index in [2.05, 4.69) is 26.6 Å². The van der Waals surface area contributed by atoms with E-state index in [1.54, 1.807) is 0 Å². The van der Waals surface area contributed by atoms with Crippen LogP contribution in [0.25, 0.3) is 0 Å². The number of nitrogens with two attached hydrogens (primary N) is 1. The van der Waals surface area contributed by atoms with Crippen LogP contribution in [0.1, 0.15) is 103 Å². The van der Waals surface area contributed by atoms with Crippen LogP contribution in [0.2, 0.25) is 0 Å². The Morgan fingerprint density at radius 2 is 1.29 bits per heavy atom. The first-order valence-electron chi connectivity index (χ1n) is 19.1. The smallest absolute Gasteiger partial charge is 0.243 e. The Morgan fingerprint density at radius 3 is 1.88 bits per heavy atom. The van der Waals surface area contributed by atoms with E-state index < -0.39 is 24.2 Å².